The SMILES string of the molecule is C#CCC(CC)NC(=O)NCC(CCC)C(=O)O. The number of hydrogen-bond acceptors (Lipinski definition) is 2. The Hall–Kier alpha value is -1.70. The lowest BCUT2D eigenvalue weighted by Crippen LogP contribution is -2.44. The van der Waals surface area contributed by atoms with E-state index in [1.807, 2.05) is 13.8 Å². The number of carboxylic acid groups (broad SMARTS) is 1. The van der Waals surface area contributed by atoms with E-state index in [4.69, 9.17) is 11.5 Å². The summed E-state index contributed by atoms with van der Waals surface area (Å²) in [7, 11) is 0. The van der Waals surface area contributed by atoms with Gasteiger partial charge in [0.2, 0.25) is 0 Å². The third-order valence-electron chi connectivity index (χ3n) is 2.69. The van der Waals surface area contributed by atoms with E-state index in [2.05, 4.69) is 16.6 Å². The molecule has 0 saturated carbocycles. The Morgan fingerprint density at radius 1 is 1.39 bits per heavy atom. The van der Waals surface area contributed by atoms with Crippen molar-refractivity contribution in [2.24, 2.45) is 5.92 Å². The fraction of sp³-hybridized carbons (Fsp3) is 0.692. The van der Waals surface area contributed by atoms with Gasteiger partial charge in [-0.05, 0) is 12.8 Å². The normalized spacial score (nSPS) is 13.2. The topological polar surface area (TPSA) is 78.4 Å². The van der Waals surface area contributed by atoms with Crippen LogP contribution in [-0.2, 0) is 4.79 Å². The second kappa shape index (κ2) is 9.34. The molecule has 2 atom stereocenters. The summed E-state index contributed by atoms with van der Waals surface area (Å²) in [6.07, 6.45) is 7.73. The maximum Gasteiger partial charge on any atom is 0.315 e. The van der Waals surface area contributed by atoms with Gasteiger partial charge >= 0.3 is 12.0 Å². The molecule has 0 radical (unpaired) electrons. The molecule has 0 aliphatic heterocycles. The van der Waals surface area contributed by atoms with Crippen LogP contribution in [0, 0.1) is 18.3 Å². The van der Waals surface area contributed by atoms with Crippen LogP contribution in [0.1, 0.15) is 39.5 Å². The van der Waals surface area contributed by atoms with Gasteiger partial charge in [-0.3, -0.25) is 4.79 Å². The van der Waals surface area contributed by atoms with Gasteiger partial charge in [0.25, 0.3) is 0 Å². The molecule has 0 aromatic rings. The van der Waals surface area contributed by atoms with E-state index in [9.17, 15) is 9.59 Å². The van der Waals surface area contributed by atoms with Crippen LogP contribution in [0.4, 0.5) is 4.79 Å². The van der Waals surface area contributed by atoms with Crippen LogP contribution in [0.15, 0.2) is 0 Å². The first kappa shape index (κ1) is 16.3. The van der Waals surface area contributed by atoms with Crippen molar-refractivity contribution in [1.29, 1.82) is 0 Å². The molecule has 0 rings (SSSR count). The molecule has 5 heteroatoms. The number of nitrogens with one attached hydrogen (secondary N) is 2. The molecule has 0 fully saturated rings. The highest BCUT2D eigenvalue weighted by Crippen LogP contribution is 2.05. The van der Waals surface area contributed by atoms with Crippen LogP contribution in [-0.4, -0.2) is 29.7 Å². The van der Waals surface area contributed by atoms with Gasteiger partial charge in [0.1, 0.15) is 0 Å². The Morgan fingerprint density at radius 3 is 2.50 bits per heavy atom. The molecule has 0 saturated heterocycles. The summed E-state index contributed by atoms with van der Waals surface area (Å²) in [5.74, 6) is 1.08. The molecular weight excluding hydrogens is 232 g/mol. The van der Waals surface area contributed by atoms with E-state index in [-0.39, 0.29) is 18.6 Å². The van der Waals surface area contributed by atoms with Gasteiger partial charge in [-0.15, -0.1) is 12.3 Å². The van der Waals surface area contributed by atoms with Gasteiger partial charge in [-0.25, -0.2) is 4.79 Å². The lowest BCUT2D eigenvalue weighted by Gasteiger charge is -2.17. The Morgan fingerprint density at radius 2 is 2.06 bits per heavy atom. The highest BCUT2D eigenvalue weighted by Gasteiger charge is 2.17. The number of carbonyl (C=O) groups is 2. The van der Waals surface area contributed by atoms with Crippen molar-refractivity contribution in [3.8, 4) is 12.3 Å². The summed E-state index contributed by atoms with van der Waals surface area (Å²) >= 11 is 0. The average molecular weight is 254 g/mol. The van der Waals surface area contributed by atoms with Crippen molar-refractivity contribution in [3.05, 3.63) is 0 Å². The summed E-state index contributed by atoms with van der Waals surface area (Å²) in [5.41, 5.74) is 0. The molecule has 0 aromatic heterocycles. The Balaban J connectivity index is 4.07. The smallest absolute Gasteiger partial charge is 0.315 e. The van der Waals surface area contributed by atoms with E-state index < -0.39 is 11.9 Å². The number of carboxylic acids is 1. The van der Waals surface area contributed by atoms with E-state index in [0.29, 0.717) is 12.8 Å². The first-order chi connectivity index (χ1) is 8.54. The van der Waals surface area contributed by atoms with Crippen LogP contribution in [0.5, 0.6) is 0 Å². The molecule has 3 N–H and O–H groups in total. The maximum atomic E-state index is 11.5. The van der Waals surface area contributed by atoms with Gasteiger partial charge in [0, 0.05) is 19.0 Å². The second-order valence-electron chi connectivity index (χ2n) is 4.19. The molecule has 102 valence electrons. The van der Waals surface area contributed by atoms with Crippen LogP contribution < -0.4 is 10.6 Å². The lowest BCUT2D eigenvalue weighted by atomic mass is 10.0. The lowest BCUT2D eigenvalue weighted by molar-refractivity contribution is -0.141. The largest absolute Gasteiger partial charge is 0.481 e. The fourth-order valence-electron chi connectivity index (χ4n) is 1.55. The van der Waals surface area contributed by atoms with Gasteiger partial charge in [0.15, 0.2) is 0 Å². The summed E-state index contributed by atoms with van der Waals surface area (Å²) in [4.78, 5) is 22.4. The molecule has 2 unspecified atom stereocenters. The first-order valence-electron chi connectivity index (χ1n) is 6.25. The number of aliphatic carboxylic acids is 1. The molecule has 0 heterocycles. The van der Waals surface area contributed by atoms with Crippen molar-refractivity contribution in [3.63, 3.8) is 0 Å². The maximum absolute atomic E-state index is 11.5. The fourth-order valence-corrected chi connectivity index (χ4v) is 1.55. The number of amides is 2. The first-order valence-corrected chi connectivity index (χ1v) is 6.25. The third-order valence-corrected chi connectivity index (χ3v) is 2.69. The van der Waals surface area contributed by atoms with Gasteiger partial charge < -0.3 is 15.7 Å². The zero-order chi connectivity index (χ0) is 14.0. The number of terminal acetylenes is 1. The van der Waals surface area contributed by atoms with E-state index in [0.717, 1.165) is 12.8 Å². The quantitative estimate of drug-likeness (QED) is 0.575. The predicted molar refractivity (Wildman–Crippen MR) is 70.1 cm³/mol. The van der Waals surface area contributed by atoms with Crippen molar-refractivity contribution < 1.29 is 14.7 Å². The van der Waals surface area contributed by atoms with Crippen LogP contribution >= 0.6 is 0 Å². The number of urea groups is 1. The van der Waals surface area contributed by atoms with Gasteiger partial charge in [-0.1, -0.05) is 20.3 Å². The monoisotopic (exact) mass is 254 g/mol. The minimum atomic E-state index is -0.882. The summed E-state index contributed by atoms with van der Waals surface area (Å²) < 4.78 is 0. The van der Waals surface area contributed by atoms with Crippen molar-refractivity contribution in [1.82, 2.24) is 10.6 Å². The Bertz CT molecular complexity index is 310. The minimum absolute atomic E-state index is 0.0653. The zero-order valence-electron chi connectivity index (χ0n) is 11.0. The molecule has 0 aliphatic rings. The van der Waals surface area contributed by atoms with E-state index >= 15 is 0 Å². The molecule has 5 nitrogen and oxygen atoms in total. The number of carbonyl (C=O) groups excluding carboxylic acids is 1. The summed E-state index contributed by atoms with van der Waals surface area (Å²) in [5, 5.41) is 14.2. The van der Waals surface area contributed by atoms with E-state index in [1.54, 1.807) is 0 Å². The molecule has 18 heavy (non-hydrogen) atoms. The van der Waals surface area contributed by atoms with Crippen LogP contribution in [0.2, 0.25) is 0 Å². The van der Waals surface area contributed by atoms with Crippen molar-refractivity contribution in [2.75, 3.05) is 6.54 Å². The molecule has 0 spiro atoms. The summed E-state index contributed by atoms with van der Waals surface area (Å²) in [6, 6.07) is -0.427. The molecule has 2 amide bonds. The third kappa shape index (κ3) is 6.79. The molecule has 0 aromatic carbocycles. The van der Waals surface area contributed by atoms with Crippen molar-refractivity contribution in [2.45, 2.75) is 45.6 Å². The number of rotatable bonds is 8. The molecular formula is C13H22N2O3. The van der Waals surface area contributed by atoms with Gasteiger partial charge in [-0.2, -0.15) is 0 Å². The predicted octanol–water partition coefficient (Wildman–Crippen LogP) is 1.59. The minimum Gasteiger partial charge on any atom is -0.481 e. The van der Waals surface area contributed by atoms with Gasteiger partial charge in [0.05, 0.1) is 5.92 Å². The van der Waals surface area contributed by atoms with Crippen LogP contribution in [0.25, 0.3) is 0 Å². The standard InChI is InChI=1S/C13H22N2O3/c1-4-7-10(12(16)17)9-14-13(18)15-11(6-3)8-5-2/h2,10-11H,4,6-9H2,1,3H3,(H,16,17)(H2,14,15,18). The average Bonchev–Trinajstić information content (AvgIpc) is 2.33. The second-order valence-corrected chi connectivity index (χ2v) is 4.19. The molecule has 0 bridgehead atoms. The molecule has 0 aliphatic carbocycles. The Kier molecular flexibility index (Phi) is 8.46. The van der Waals surface area contributed by atoms with Crippen molar-refractivity contribution >= 4 is 12.0 Å². The summed E-state index contributed by atoms with van der Waals surface area (Å²) in [6.45, 7) is 3.98. The highest BCUT2D eigenvalue weighted by atomic mass is 16.4. The zero-order valence-corrected chi connectivity index (χ0v) is 11.0. The highest BCUT2D eigenvalue weighted by molar-refractivity contribution is 5.76. The van der Waals surface area contributed by atoms with E-state index in [1.165, 1.54) is 0 Å². The number of hydrogen-bond donors (Lipinski definition) is 3. The van der Waals surface area contributed by atoms with Crippen LogP contribution in [0.3, 0.4) is 0 Å². The Labute approximate surface area is 108 Å².